The number of para-hydroxylation sites is 2. The molecule has 0 radical (unpaired) electrons. The molecule has 122 valence electrons. The second-order valence-electron chi connectivity index (χ2n) is 5.92. The van der Waals surface area contributed by atoms with E-state index in [0.717, 1.165) is 16.2 Å². The van der Waals surface area contributed by atoms with Crippen LogP contribution < -0.4 is 10.1 Å². The van der Waals surface area contributed by atoms with Gasteiger partial charge in [-0.3, -0.25) is 4.79 Å². The molecule has 25 heavy (non-hydrogen) atoms. The number of anilines is 1. The van der Waals surface area contributed by atoms with Crippen molar-refractivity contribution in [1.29, 1.82) is 0 Å². The van der Waals surface area contributed by atoms with Crippen LogP contribution in [0.2, 0.25) is 0 Å². The van der Waals surface area contributed by atoms with Crippen molar-refractivity contribution in [2.75, 3.05) is 12.4 Å². The van der Waals surface area contributed by atoms with Crippen LogP contribution in [0.15, 0.2) is 78.9 Å². The summed E-state index contributed by atoms with van der Waals surface area (Å²) in [6.45, 7) is 0. The Bertz CT molecular complexity index is 1090. The molecule has 0 aliphatic rings. The molecule has 0 fully saturated rings. The average molecular weight is 327 g/mol. The highest BCUT2D eigenvalue weighted by Gasteiger charge is 2.10. The standard InChI is InChI=1S/C22H17NO2/c1-25-21-9-5-4-8-20(21)23-22(24)18-11-10-17-12-15-6-2-3-7-16(15)13-19(17)14-18/h2-14H,1H3,(H,23,24). The Kier molecular flexibility index (Phi) is 3.82. The van der Waals surface area contributed by atoms with E-state index in [1.54, 1.807) is 7.11 Å². The number of hydrogen-bond acceptors (Lipinski definition) is 2. The fourth-order valence-corrected chi connectivity index (χ4v) is 3.02. The molecule has 0 saturated heterocycles. The van der Waals surface area contributed by atoms with Gasteiger partial charge in [0.25, 0.3) is 5.91 Å². The van der Waals surface area contributed by atoms with Crippen molar-refractivity contribution in [2.45, 2.75) is 0 Å². The first-order valence-electron chi connectivity index (χ1n) is 8.11. The fraction of sp³-hybridized carbons (Fsp3) is 0.0455. The maximum Gasteiger partial charge on any atom is 0.255 e. The molecule has 4 rings (SSSR count). The van der Waals surface area contributed by atoms with Gasteiger partial charge in [-0.05, 0) is 57.9 Å². The van der Waals surface area contributed by atoms with Crippen molar-refractivity contribution in [3.05, 3.63) is 84.4 Å². The van der Waals surface area contributed by atoms with Crippen LogP contribution in [-0.4, -0.2) is 13.0 Å². The van der Waals surface area contributed by atoms with E-state index < -0.39 is 0 Å². The minimum atomic E-state index is -0.153. The van der Waals surface area contributed by atoms with Gasteiger partial charge in [-0.25, -0.2) is 0 Å². The number of nitrogens with one attached hydrogen (secondary N) is 1. The topological polar surface area (TPSA) is 38.3 Å². The summed E-state index contributed by atoms with van der Waals surface area (Å²) >= 11 is 0. The highest BCUT2D eigenvalue weighted by molar-refractivity contribution is 6.08. The summed E-state index contributed by atoms with van der Waals surface area (Å²) in [5, 5.41) is 7.44. The summed E-state index contributed by atoms with van der Waals surface area (Å²) in [4.78, 5) is 12.6. The third-order valence-electron chi connectivity index (χ3n) is 4.32. The SMILES string of the molecule is COc1ccccc1NC(=O)c1ccc2cc3ccccc3cc2c1. The molecule has 0 heterocycles. The zero-order valence-electron chi connectivity index (χ0n) is 13.8. The van der Waals surface area contributed by atoms with Gasteiger partial charge in [0.15, 0.2) is 0 Å². The van der Waals surface area contributed by atoms with Crippen LogP contribution in [0.25, 0.3) is 21.5 Å². The first kappa shape index (κ1) is 15.2. The molecule has 1 amide bonds. The van der Waals surface area contributed by atoms with Gasteiger partial charge in [0.2, 0.25) is 0 Å². The number of ether oxygens (including phenoxy) is 1. The molecule has 4 aromatic carbocycles. The van der Waals surface area contributed by atoms with Crippen molar-refractivity contribution in [1.82, 2.24) is 0 Å². The molecule has 0 unspecified atom stereocenters. The van der Waals surface area contributed by atoms with Gasteiger partial charge in [0.05, 0.1) is 12.8 Å². The largest absolute Gasteiger partial charge is 0.495 e. The lowest BCUT2D eigenvalue weighted by atomic mass is 10.0. The normalized spacial score (nSPS) is 10.8. The van der Waals surface area contributed by atoms with E-state index in [9.17, 15) is 4.79 Å². The van der Waals surface area contributed by atoms with E-state index in [4.69, 9.17) is 4.74 Å². The Morgan fingerprint density at radius 3 is 2.16 bits per heavy atom. The third-order valence-corrected chi connectivity index (χ3v) is 4.32. The van der Waals surface area contributed by atoms with Crippen molar-refractivity contribution in [3.63, 3.8) is 0 Å². The zero-order chi connectivity index (χ0) is 17.2. The minimum Gasteiger partial charge on any atom is -0.495 e. The van der Waals surface area contributed by atoms with Gasteiger partial charge in [0, 0.05) is 5.56 Å². The lowest BCUT2D eigenvalue weighted by Gasteiger charge is -2.10. The summed E-state index contributed by atoms with van der Waals surface area (Å²) in [6.07, 6.45) is 0. The highest BCUT2D eigenvalue weighted by Crippen LogP contribution is 2.26. The molecule has 0 aromatic heterocycles. The average Bonchev–Trinajstić information content (AvgIpc) is 2.66. The fourth-order valence-electron chi connectivity index (χ4n) is 3.02. The molecule has 0 aliphatic heterocycles. The number of fused-ring (bicyclic) bond motifs is 2. The molecular formula is C22H17NO2. The van der Waals surface area contributed by atoms with Crippen molar-refractivity contribution >= 4 is 33.1 Å². The summed E-state index contributed by atoms with van der Waals surface area (Å²) in [5.41, 5.74) is 1.28. The van der Waals surface area contributed by atoms with Crippen LogP contribution in [-0.2, 0) is 0 Å². The minimum absolute atomic E-state index is 0.153. The maximum absolute atomic E-state index is 12.6. The van der Waals surface area contributed by atoms with Crippen LogP contribution in [0.1, 0.15) is 10.4 Å². The summed E-state index contributed by atoms with van der Waals surface area (Å²) in [5.74, 6) is 0.488. The Balaban J connectivity index is 1.71. The van der Waals surface area contributed by atoms with Crippen molar-refractivity contribution in [3.8, 4) is 5.75 Å². The molecule has 0 atom stereocenters. The van der Waals surface area contributed by atoms with Crippen LogP contribution >= 0.6 is 0 Å². The molecular weight excluding hydrogens is 310 g/mol. The molecule has 0 saturated carbocycles. The molecule has 3 nitrogen and oxygen atoms in total. The molecule has 0 bridgehead atoms. The number of amides is 1. The number of hydrogen-bond donors (Lipinski definition) is 1. The Morgan fingerprint density at radius 2 is 1.40 bits per heavy atom. The lowest BCUT2D eigenvalue weighted by molar-refractivity contribution is 0.102. The predicted octanol–water partition coefficient (Wildman–Crippen LogP) is 5.25. The summed E-state index contributed by atoms with van der Waals surface area (Å²) in [7, 11) is 1.59. The Hall–Kier alpha value is -3.33. The van der Waals surface area contributed by atoms with E-state index in [1.165, 1.54) is 5.39 Å². The third kappa shape index (κ3) is 2.92. The van der Waals surface area contributed by atoms with E-state index in [-0.39, 0.29) is 5.91 Å². The van der Waals surface area contributed by atoms with Crippen LogP contribution in [0, 0.1) is 0 Å². The van der Waals surface area contributed by atoms with Gasteiger partial charge in [0.1, 0.15) is 5.75 Å². The van der Waals surface area contributed by atoms with E-state index >= 15 is 0 Å². The second-order valence-corrected chi connectivity index (χ2v) is 5.92. The molecule has 0 aliphatic carbocycles. The molecule has 1 N–H and O–H groups in total. The monoisotopic (exact) mass is 327 g/mol. The number of carbonyl (C=O) groups excluding carboxylic acids is 1. The number of carbonyl (C=O) groups is 1. The maximum atomic E-state index is 12.6. The smallest absolute Gasteiger partial charge is 0.255 e. The van der Waals surface area contributed by atoms with Gasteiger partial charge in [-0.15, -0.1) is 0 Å². The van der Waals surface area contributed by atoms with Gasteiger partial charge < -0.3 is 10.1 Å². The quantitative estimate of drug-likeness (QED) is 0.522. The molecule has 3 heteroatoms. The van der Waals surface area contributed by atoms with Crippen LogP contribution in [0.4, 0.5) is 5.69 Å². The number of methoxy groups -OCH3 is 1. The first-order valence-corrected chi connectivity index (χ1v) is 8.11. The summed E-state index contributed by atoms with van der Waals surface area (Å²) < 4.78 is 5.29. The summed E-state index contributed by atoms with van der Waals surface area (Å²) in [6, 6.07) is 25.6. The van der Waals surface area contributed by atoms with Crippen LogP contribution in [0.3, 0.4) is 0 Å². The highest BCUT2D eigenvalue weighted by atomic mass is 16.5. The van der Waals surface area contributed by atoms with Gasteiger partial charge in [-0.1, -0.05) is 42.5 Å². The van der Waals surface area contributed by atoms with Gasteiger partial charge >= 0.3 is 0 Å². The Labute approximate surface area is 145 Å². The van der Waals surface area contributed by atoms with E-state index in [0.29, 0.717) is 17.0 Å². The zero-order valence-corrected chi connectivity index (χ0v) is 13.8. The first-order chi connectivity index (χ1) is 12.2. The lowest BCUT2D eigenvalue weighted by Crippen LogP contribution is -2.12. The van der Waals surface area contributed by atoms with E-state index in [2.05, 4.69) is 29.6 Å². The van der Waals surface area contributed by atoms with Crippen molar-refractivity contribution < 1.29 is 9.53 Å². The van der Waals surface area contributed by atoms with E-state index in [1.807, 2.05) is 54.6 Å². The molecule has 0 spiro atoms. The predicted molar refractivity (Wildman–Crippen MR) is 102 cm³/mol. The Morgan fingerprint density at radius 1 is 0.760 bits per heavy atom. The number of rotatable bonds is 3. The second kappa shape index (κ2) is 6.29. The number of benzene rings is 4. The van der Waals surface area contributed by atoms with Gasteiger partial charge in [-0.2, -0.15) is 0 Å². The van der Waals surface area contributed by atoms with Crippen LogP contribution in [0.5, 0.6) is 5.75 Å². The molecule has 4 aromatic rings. The van der Waals surface area contributed by atoms with Crippen molar-refractivity contribution in [2.24, 2.45) is 0 Å².